The van der Waals surface area contributed by atoms with Crippen LogP contribution in [0.2, 0.25) is 0 Å². The highest BCUT2D eigenvalue weighted by Crippen LogP contribution is 2.18. The van der Waals surface area contributed by atoms with E-state index in [2.05, 4.69) is 15.0 Å². The molecule has 19 heavy (non-hydrogen) atoms. The van der Waals surface area contributed by atoms with Gasteiger partial charge in [-0.15, -0.1) is 0 Å². The molecule has 3 rings (SSSR count). The maximum absolute atomic E-state index is 5.76. The largest absolute Gasteiger partial charge is 0.482 e. The third-order valence-electron chi connectivity index (χ3n) is 2.69. The fourth-order valence-corrected chi connectivity index (χ4v) is 1.80. The number of nitrogen functional groups attached to an aromatic ring is 1. The molecular weight excluding hydrogens is 242 g/mol. The molecule has 0 aromatic carbocycles. The minimum Gasteiger partial charge on any atom is -0.482 e. The molecule has 3 aromatic rings. The van der Waals surface area contributed by atoms with Gasteiger partial charge in [0.25, 0.3) is 0 Å². The van der Waals surface area contributed by atoms with E-state index in [1.54, 1.807) is 13.1 Å². The number of hydrogen-bond acceptors (Lipinski definition) is 5. The number of fused-ring (bicyclic) bond motifs is 1. The van der Waals surface area contributed by atoms with E-state index in [0.29, 0.717) is 24.0 Å². The van der Waals surface area contributed by atoms with Crippen molar-refractivity contribution in [3.63, 3.8) is 0 Å². The predicted molar refractivity (Wildman–Crippen MR) is 70.7 cm³/mol. The van der Waals surface area contributed by atoms with Crippen molar-refractivity contribution < 1.29 is 4.74 Å². The van der Waals surface area contributed by atoms with Crippen LogP contribution in [0.15, 0.2) is 36.8 Å². The van der Waals surface area contributed by atoms with E-state index in [9.17, 15) is 0 Å². The summed E-state index contributed by atoms with van der Waals surface area (Å²) in [5.41, 5.74) is 7.47. The zero-order chi connectivity index (χ0) is 13.2. The first-order valence-electron chi connectivity index (χ1n) is 5.87. The molecule has 3 heterocycles. The highest BCUT2D eigenvalue weighted by atomic mass is 16.5. The Labute approximate surface area is 109 Å². The summed E-state index contributed by atoms with van der Waals surface area (Å²) in [5, 5.41) is 0. The Hall–Kier alpha value is -2.63. The number of anilines is 1. The fourth-order valence-electron chi connectivity index (χ4n) is 1.80. The molecule has 0 radical (unpaired) electrons. The number of rotatable bonds is 3. The molecule has 0 aliphatic rings. The van der Waals surface area contributed by atoms with E-state index in [0.717, 1.165) is 11.3 Å². The Morgan fingerprint density at radius 1 is 1.32 bits per heavy atom. The number of pyridine rings is 1. The molecule has 96 valence electrons. The van der Waals surface area contributed by atoms with Gasteiger partial charge in [0.1, 0.15) is 18.1 Å². The smallest absolute Gasteiger partial charge is 0.180 e. The summed E-state index contributed by atoms with van der Waals surface area (Å²) in [6.07, 6.45) is 5.43. The second-order valence-electron chi connectivity index (χ2n) is 4.15. The minimum absolute atomic E-state index is 0.332. The molecule has 0 bridgehead atoms. The van der Waals surface area contributed by atoms with Gasteiger partial charge < -0.3 is 14.9 Å². The van der Waals surface area contributed by atoms with E-state index in [-0.39, 0.29) is 0 Å². The molecule has 0 aliphatic heterocycles. The van der Waals surface area contributed by atoms with E-state index in [1.165, 1.54) is 0 Å². The lowest BCUT2D eigenvalue weighted by Gasteiger charge is -2.06. The lowest BCUT2D eigenvalue weighted by Crippen LogP contribution is -2.02. The van der Waals surface area contributed by atoms with Crippen LogP contribution in [-0.4, -0.2) is 19.4 Å². The molecule has 0 saturated carbocycles. The van der Waals surface area contributed by atoms with Gasteiger partial charge in [-0.05, 0) is 19.1 Å². The molecule has 0 amide bonds. The third-order valence-corrected chi connectivity index (χ3v) is 2.69. The molecule has 3 aromatic heterocycles. The fraction of sp³-hybridized carbons (Fsp3) is 0.154. The topological polar surface area (TPSA) is 78.3 Å². The summed E-state index contributed by atoms with van der Waals surface area (Å²) < 4.78 is 7.52. The van der Waals surface area contributed by atoms with Crippen LogP contribution in [0.1, 0.15) is 11.5 Å². The third kappa shape index (κ3) is 2.33. The molecule has 2 N–H and O–H groups in total. The summed E-state index contributed by atoms with van der Waals surface area (Å²) in [6, 6.07) is 5.83. The molecule has 0 atom stereocenters. The number of aryl methyl sites for hydroxylation is 1. The Balaban J connectivity index is 1.78. The van der Waals surface area contributed by atoms with E-state index < -0.39 is 0 Å². The SMILES string of the molecule is Cc1ncc(OCc2cn3ccccc3n2)c(N)n1. The molecule has 0 saturated heterocycles. The van der Waals surface area contributed by atoms with Crippen molar-refractivity contribution >= 4 is 11.5 Å². The van der Waals surface area contributed by atoms with Gasteiger partial charge in [0.2, 0.25) is 0 Å². The van der Waals surface area contributed by atoms with Crippen molar-refractivity contribution in [3.05, 3.63) is 48.3 Å². The molecule has 0 unspecified atom stereocenters. The summed E-state index contributed by atoms with van der Waals surface area (Å²) in [4.78, 5) is 12.5. The number of ether oxygens (including phenoxy) is 1. The van der Waals surface area contributed by atoms with Crippen LogP contribution in [0.25, 0.3) is 5.65 Å². The van der Waals surface area contributed by atoms with Gasteiger partial charge in [-0.2, -0.15) is 0 Å². The normalized spacial score (nSPS) is 10.8. The van der Waals surface area contributed by atoms with E-state index >= 15 is 0 Å². The average Bonchev–Trinajstić information content (AvgIpc) is 2.80. The Morgan fingerprint density at radius 2 is 2.21 bits per heavy atom. The summed E-state index contributed by atoms with van der Waals surface area (Å²) in [5.74, 6) is 1.44. The van der Waals surface area contributed by atoms with E-state index in [4.69, 9.17) is 10.5 Å². The first-order valence-corrected chi connectivity index (χ1v) is 5.87. The van der Waals surface area contributed by atoms with Crippen molar-refractivity contribution in [3.8, 4) is 5.75 Å². The number of aromatic nitrogens is 4. The molecule has 0 aliphatic carbocycles. The lowest BCUT2D eigenvalue weighted by molar-refractivity contribution is 0.301. The van der Waals surface area contributed by atoms with Gasteiger partial charge in [-0.3, -0.25) is 0 Å². The van der Waals surface area contributed by atoms with Gasteiger partial charge in [0.05, 0.1) is 11.9 Å². The van der Waals surface area contributed by atoms with Crippen molar-refractivity contribution in [1.82, 2.24) is 19.4 Å². The Kier molecular flexibility index (Phi) is 2.75. The monoisotopic (exact) mass is 255 g/mol. The predicted octanol–water partition coefficient (Wildman–Crippen LogP) is 1.59. The first kappa shape index (κ1) is 11.5. The average molecular weight is 255 g/mol. The van der Waals surface area contributed by atoms with Crippen molar-refractivity contribution in [2.45, 2.75) is 13.5 Å². The quantitative estimate of drug-likeness (QED) is 0.769. The first-order chi connectivity index (χ1) is 9.22. The van der Waals surface area contributed by atoms with Crippen LogP contribution in [0.4, 0.5) is 5.82 Å². The number of nitrogens with two attached hydrogens (primary N) is 1. The zero-order valence-electron chi connectivity index (χ0n) is 10.4. The van der Waals surface area contributed by atoms with Gasteiger partial charge >= 0.3 is 0 Å². The van der Waals surface area contributed by atoms with Gasteiger partial charge in [0.15, 0.2) is 11.6 Å². The Bertz CT molecular complexity index is 689. The van der Waals surface area contributed by atoms with Crippen LogP contribution < -0.4 is 10.5 Å². The van der Waals surface area contributed by atoms with Crippen LogP contribution in [0.5, 0.6) is 5.75 Å². The summed E-state index contributed by atoms with van der Waals surface area (Å²) >= 11 is 0. The van der Waals surface area contributed by atoms with Crippen LogP contribution in [0.3, 0.4) is 0 Å². The second-order valence-corrected chi connectivity index (χ2v) is 4.15. The van der Waals surface area contributed by atoms with Crippen molar-refractivity contribution in [2.24, 2.45) is 0 Å². The molecule has 6 heteroatoms. The van der Waals surface area contributed by atoms with Gasteiger partial charge in [-0.25, -0.2) is 15.0 Å². The van der Waals surface area contributed by atoms with Gasteiger partial charge in [0, 0.05) is 12.4 Å². The maximum atomic E-state index is 5.76. The van der Waals surface area contributed by atoms with Crippen molar-refractivity contribution in [1.29, 1.82) is 0 Å². The number of nitrogens with zero attached hydrogens (tertiary/aromatic N) is 4. The van der Waals surface area contributed by atoms with Crippen LogP contribution in [-0.2, 0) is 6.61 Å². The number of hydrogen-bond donors (Lipinski definition) is 1. The highest BCUT2D eigenvalue weighted by molar-refractivity contribution is 5.44. The molecule has 0 spiro atoms. The molecule has 6 nitrogen and oxygen atoms in total. The van der Waals surface area contributed by atoms with Crippen molar-refractivity contribution in [2.75, 3.05) is 5.73 Å². The van der Waals surface area contributed by atoms with Gasteiger partial charge in [-0.1, -0.05) is 6.07 Å². The standard InChI is InChI=1S/C13H13N5O/c1-9-15-6-11(13(14)16-9)19-8-10-7-18-5-3-2-4-12(18)17-10/h2-7H,8H2,1H3,(H2,14,15,16). The number of imidazole rings is 1. The maximum Gasteiger partial charge on any atom is 0.180 e. The summed E-state index contributed by atoms with van der Waals surface area (Å²) in [6.45, 7) is 2.11. The lowest BCUT2D eigenvalue weighted by atomic mass is 10.5. The molecular formula is C13H13N5O. The van der Waals surface area contributed by atoms with Crippen LogP contribution in [0, 0.1) is 6.92 Å². The summed E-state index contributed by atoms with van der Waals surface area (Å²) in [7, 11) is 0. The Morgan fingerprint density at radius 3 is 3.00 bits per heavy atom. The van der Waals surface area contributed by atoms with E-state index in [1.807, 2.05) is 35.0 Å². The zero-order valence-corrected chi connectivity index (χ0v) is 10.4. The highest BCUT2D eigenvalue weighted by Gasteiger charge is 2.06. The second kappa shape index (κ2) is 4.56. The molecule has 0 fully saturated rings. The minimum atomic E-state index is 0.332. The van der Waals surface area contributed by atoms with Crippen LogP contribution >= 0.6 is 0 Å².